The second-order valence-electron chi connectivity index (χ2n) is 34.6. The van der Waals surface area contributed by atoms with Crippen LogP contribution < -0.4 is 0 Å². The smallest absolute Gasteiger partial charge is 0.172 e. The van der Waals surface area contributed by atoms with Gasteiger partial charge < -0.3 is 76.2 Å². The van der Waals surface area contributed by atoms with Gasteiger partial charge >= 0.3 is 0 Å². The average molecular weight is 1410 g/mol. The predicted molar refractivity (Wildman–Crippen MR) is 391 cm³/mol. The standard InChI is InChI=1S/C42H66O8.C42H64O8.CH4/c2*1-9-11-33-28(8)38-40-41(47-33)39-37(48-40)22-42(49-38,50-39)16-14-30-20-25(5)32(44-30)13-12-29-19-24(4)26(6)35(45-29)21-36-31(15-17-43)27(7)34(46-36)18-23(3)10-2;/h9,23-24,27-41,43H,1,5-6,10-22H2,2-4,7-8H3;9,17,23-24,27-41H,1,5-6,10-16,18-22H2,2-4,7-8H3;1H4/t2*23-,24-,27-,28?,29+,30+,31-,32?,33+,34-,35-,36?,37-,38+,39+,40+,41+,42-;/m11./s1. The first-order valence-electron chi connectivity index (χ1n) is 40.3. The summed E-state index contributed by atoms with van der Waals surface area (Å²) in [7, 11) is 0. The number of carbonyl (C=O) groups is 1. The van der Waals surface area contributed by atoms with Crippen LogP contribution in [0.2, 0.25) is 0 Å². The van der Waals surface area contributed by atoms with Crippen molar-refractivity contribution in [3.05, 3.63) is 73.9 Å². The molecule has 101 heavy (non-hydrogen) atoms. The van der Waals surface area contributed by atoms with Gasteiger partial charge in [0, 0.05) is 63.4 Å². The lowest BCUT2D eigenvalue weighted by Crippen LogP contribution is -2.54. The van der Waals surface area contributed by atoms with Gasteiger partial charge in [0.25, 0.3) is 0 Å². The van der Waals surface area contributed by atoms with Gasteiger partial charge in [0.1, 0.15) is 42.9 Å². The summed E-state index contributed by atoms with van der Waals surface area (Å²) >= 11 is 0. The summed E-state index contributed by atoms with van der Waals surface area (Å²) in [6, 6.07) is 0. The van der Waals surface area contributed by atoms with E-state index in [0.717, 1.165) is 160 Å². The summed E-state index contributed by atoms with van der Waals surface area (Å²) < 4.78 is 93.6. The van der Waals surface area contributed by atoms with Gasteiger partial charge in [-0.2, -0.15) is 0 Å². The molecular formula is C85H134O16. The molecule has 36 atom stereocenters. The van der Waals surface area contributed by atoms with Gasteiger partial charge in [0.05, 0.1) is 110 Å². The Balaban J connectivity index is 0.000000189. The van der Waals surface area contributed by atoms with E-state index < -0.39 is 11.6 Å². The molecule has 570 valence electrons. The molecule has 16 aliphatic heterocycles. The van der Waals surface area contributed by atoms with Crippen molar-refractivity contribution in [3.63, 3.8) is 0 Å². The third-order valence-electron chi connectivity index (χ3n) is 27.8. The van der Waals surface area contributed by atoms with Gasteiger partial charge in [0.15, 0.2) is 11.6 Å². The molecule has 16 nitrogen and oxygen atoms in total. The van der Waals surface area contributed by atoms with Crippen LogP contribution in [0.15, 0.2) is 73.9 Å². The second-order valence-corrected chi connectivity index (χ2v) is 34.6. The highest BCUT2D eigenvalue weighted by Crippen LogP contribution is 2.57. The van der Waals surface area contributed by atoms with Crippen LogP contribution in [-0.2, 0) is 71.1 Å². The third-order valence-corrected chi connectivity index (χ3v) is 27.8. The summed E-state index contributed by atoms with van der Waals surface area (Å²) in [5.74, 6) is 2.54. The molecule has 0 saturated carbocycles. The van der Waals surface area contributed by atoms with Crippen molar-refractivity contribution in [3.8, 4) is 0 Å². The number of aliphatic hydroxyl groups is 1. The van der Waals surface area contributed by atoms with E-state index >= 15 is 0 Å². The zero-order chi connectivity index (χ0) is 70.6. The molecule has 0 amide bonds. The maximum absolute atomic E-state index is 11.7. The highest BCUT2D eigenvalue weighted by molar-refractivity contribution is 5.50. The molecule has 16 heterocycles. The first kappa shape index (κ1) is 78.1. The number of aliphatic hydroxyl groups excluding tert-OH is 1. The Hall–Kier alpha value is -2.49. The van der Waals surface area contributed by atoms with Crippen molar-refractivity contribution in [2.24, 2.45) is 59.2 Å². The van der Waals surface area contributed by atoms with E-state index in [-0.39, 0.29) is 178 Å². The molecule has 16 fully saturated rings. The fraction of sp³-hybridized carbons (Fsp3) is 0.847. The lowest BCUT2D eigenvalue weighted by atomic mass is 9.79. The molecule has 0 aliphatic carbocycles. The Morgan fingerprint density at radius 3 is 1.28 bits per heavy atom. The minimum absolute atomic E-state index is 0. The second kappa shape index (κ2) is 33.2. The summed E-state index contributed by atoms with van der Waals surface area (Å²) in [4.78, 5) is 11.7. The van der Waals surface area contributed by atoms with Crippen LogP contribution in [0.3, 0.4) is 0 Å². The van der Waals surface area contributed by atoms with E-state index in [1.807, 2.05) is 12.2 Å². The van der Waals surface area contributed by atoms with Crippen molar-refractivity contribution in [1.29, 1.82) is 0 Å². The average Bonchev–Trinajstić information content (AvgIpc) is 1.56. The highest BCUT2D eigenvalue weighted by Gasteiger charge is 2.69. The van der Waals surface area contributed by atoms with Crippen LogP contribution in [0.5, 0.6) is 0 Å². The molecular weight excluding hydrogens is 1280 g/mol. The molecule has 0 spiro atoms. The SMILES string of the molecule is C.C=CC[C@@H]1O[C@H]2[C@H]3O[C@]4(CC[C@H]5CC(=C)C(CC[C@H]6C[C@@H](C)C(=C)[C@@H](CC7O[C@H](C[C@H](C)CC)[C@H](C)[C@H]7CC=O)O6)O5)C[C@H]3O[C@H]2[C@@H](O4)C1C.C=CC[C@@H]1O[C@H]2[C@H]3O[C@]4(CC[C@H]5CC(=C)C(CC[C@H]6C[C@@H](C)C(=C)[C@@H](CC7O[C@H](C[C@H](C)CC)[C@H](C)[C@H]7CCO)O6)O5)C[C@H]3O[C@H]2[C@@H](O4)C1C. The van der Waals surface area contributed by atoms with Gasteiger partial charge in [-0.3, -0.25) is 0 Å². The Morgan fingerprint density at radius 1 is 0.455 bits per heavy atom. The molecule has 16 rings (SSSR count). The van der Waals surface area contributed by atoms with Gasteiger partial charge in [-0.15, -0.1) is 13.2 Å². The van der Waals surface area contributed by atoms with Crippen LogP contribution >= 0.6 is 0 Å². The molecule has 16 aliphatic rings. The molecule has 1 N–H and O–H groups in total. The molecule has 16 heteroatoms. The molecule has 0 radical (unpaired) electrons. The van der Waals surface area contributed by atoms with Crippen LogP contribution in [0, 0.1) is 59.2 Å². The van der Waals surface area contributed by atoms with Crippen molar-refractivity contribution in [2.45, 2.75) is 389 Å². The lowest BCUT2D eigenvalue weighted by Gasteiger charge is -2.42. The maximum Gasteiger partial charge on any atom is 0.172 e. The topological polar surface area (TPSA) is 167 Å². The Kier molecular flexibility index (Phi) is 25.6. The maximum atomic E-state index is 11.7. The fourth-order valence-corrected chi connectivity index (χ4v) is 21.1. The number of hydrogen-bond donors (Lipinski definition) is 1. The molecule has 12 bridgehead atoms. The van der Waals surface area contributed by atoms with Crippen molar-refractivity contribution in [1.82, 2.24) is 0 Å². The third kappa shape index (κ3) is 16.3. The van der Waals surface area contributed by atoms with E-state index in [0.29, 0.717) is 47.8 Å². The van der Waals surface area contributed by atoms with Gasteiger partial charge in [-0.05, 0) is 166 Å². The molecule has 0 aromatic heterocycles. The summed E-state index contributed by atoms with van der Waals surface area (Å²) in [6.07, 6.45) is 27.0. The number of carbonyl (C=O) groups excluding carboxylic acids is 1. The Morgan fingerprint density at radius 2 is 0.861 bits per heavy atom. The van der Waals surface area contributed by atoms with Gasteiger partial charge in [-0.1, -0.05) is 128 Å². The Bertz CT molecular complexity index is 2850. The fourth-order valence-electron chi connectivity index (χ4n) is 21.1. The van der Waals surface area contributed by atoms with Crippen LogP contribution in [0.1, 0.15) is 231 Å². The Labute approximate surface area is 608 Å². The molecule has 6 unspecified atom stereocenters. The predicted octanol–water partition coefficient (Wildman–Crippen LogP) is 15.8. The number of ether oxygens (including phenoxy) is 14. The quantitative estimate of drug-likeness (QED) is 0.0532. The minimum atomic E-state index is -0.643. The van der Waals surface area contributed by atoms with Crippen LogP contribution in [0.4, 0.5) is 0 Å². The van der Waals surface area contributed by atoms with Crippen molar-refractivity contribution in [2.75, 3.05) is 6.61 Å². The van der Waals surface area contributed by atoms with E-state index in [2.05, 4.69) is 109 Å². The van der Waals surface area contributed by atoms with Gasteiger partial charge in [0.2, 0.25) is 0 Å². The summed E-state index contributed by atoms with van der Waals surface area (Å²) in [5, 5.41) is 9.90. The lowest BCUT2D eigenvalue weighted by molar-refractivity contribution is -0.263. The van der Waals surface area contributed by atoms with Crippen molar-refractivity contribution < 1.29 is 76.2 Å². The number of rotatable bonds is 30. The van der Waals surface area contributed by atoms with E-state index in [1.165, 1.54) is 16.7 Å². The minimum Gasteiger partial charge on any atom is -0.396 e. The first-order valence-corrected chi connectivity index (χ1v) is 40.3. The summed E-state index contributed by atoms with van der Waals surface area (Å²) in [6.45, 7) is 48.6. The van der Waals surface area contributed by atoms with E-state index in [1.54, 1.807) is 0 Å². The molecule has 0 aromatic carbocycles. The van der Waals surface area contributed by atoms with Crippen LogP contribution in [-0.4, -0.2) is 176 Å². The van der Waals surface area contributed by atoms with Crippen LogP contribution in [0.25, 0.3) is 0 Å². The van der Waals surface area contributed by atoms with Crippen molar-refractivity contribution >= 4 is 6.29 Å². The number of aldehydes is 1. The van der Waals surface area contributed by atoms with E-state index in [9.17, 15) is 9.90 Å². The summed E-state index contributed by atoms with van der Waals surface area (Å²) in [5.41, 5.74) is 4.72. The largest absolute Gasteiger partial charge is 0.396 e. The zero-order valence-electron chi connectivity index (χ0n) is 62.9. The number of hydrogen-bond acceptors (Lipinski definition) is 16. The normalized spacial score (nSPS) is 48.2. The zero-order valence-corrected chi connectivity index (χ0v) is 62.9. The van der Waals surface area contributed by atoms with E-state index in [4.69, 9.17) is 66.3 Å². The molecule has 16 saturated heterocycles. The highest BCUT2D eigenvalue weighted by atomic mass is 16.8. The molecule has 0 aromatic rings. The monoisotopic (exact) mass is 1410 g/mol. The van der Waals surface area contributed by atoms with Gasteiger partial charge in [-0.25, -0.2) is 0 Å². The first-order chi connectivity index (χ1) is 48.0.